The van der Waals surface area contributed by atoms with Crippen LogP contribution in [0.1, 0.15) is 31.4 Å². The van der Waals surface area contributed by atoms with Crippen LogP contribution in [-0.2, 0) is 0 Å². The second-order valence-electron chi connectivity index (χ2n) is 4.30. The van der Waals surface area contributed by atoms with Crippen molar-refractivity contribution >= 4 is 10.8 Å². The van der Waals surface area contributed by atoms with E-state index < -0.39 is 0 Å². The summed E-state index contributed by atoms with van der Waals surface area (Å²) in [5.74, 6) is 0.910. The van der Waals surface area contributed by atoms with Gasteiger partial charge in [0.25, 0.3) is 0 Å². The van der Waals surface area contributed by atoms with E-state index in [1.165, 1.54) is 10.9 Å². The first-order chi connectivity index (χ1) is 8.27. The molecule has 0 aliphatic rings. The zero-order valence-electron chi connectivity index (χ0n) is 10.4. The standard InChI is InChI=1S/C15H19NO/c1-3-6-14(16)12-9-10-15(17-2)13-8-5-4-7-11(12)13/h4-5,7-10,14H,3,6,16H2,1-2H3/t14-/m1/s1. The van der Waals surface area contributed by atoms with Gasteiger partial charge in [-0.3, -0.25) is 0 Å². The molecule has 2 aromatic rings. The number of nitrogens with two attached hydrogens (primary N) is 1. The topological polar surface area (TPSA) is 35.2 Å². The van der Waals surface area contributed by atoms with Crippen LogP contribution >= 0.6 is 0 Å². The number of hydrogen-bond acceptors (Lipinski definition) is 2. The Morgan fingerprint density at radius 2 is 1.82 bits per heavy atom. The number of rotatable bonds is 4. The van der Waals surface area contributed by atoms with E-state index in [0.717, 1.165) is 24.0 Å². The molecule has 0 saturated heterocycles. The van der Waals surface area contributed by atoms with Crippen LogP contribution in [0.3, 0.4) is 0 Å². The highest BCUT2D eigenvalue weighted by molar-refractivity contribution is 5.91. The van der Waals surface area contributed by atoms with Crippen molar-refractivity contribution < 1.29 is 4.74 Å². The quantitative estimate of drug-likeness (QED) is 0.868. The fourth-order valence-electron chi connectivity index (χ4n) is 2.26. The van der Waals surface area contributed by atoms with E-state index in [0.29, 0.717) is 0 Å². The summed E-state index contributed by atoms with van der Waals surface area (Å²) in [6.45, 7) is 2.16. The van der Waals surface area contributed by atoms with Crippen molar-refractivity contribution in [1.82, 2.24) is 0 Å². The monoisotopic (exact) mass is 229 g/mol. The Morgan fingerprint density at radius 3 is 2.47 bits per heavy atom. The van der Waals surface area contributed by atoms with Crippen LogP contribution in [0.5, 0.6) is 5.75 Å². The molecule has 0 fully saturated rings. The van der Waals surface area contributed by atoms with Gasteiger partial charge in [0.1, 0.15) is 5.75 Å². The van der Waals surface area contributed by atoms with Gasteiger partial charge in [0.05, 0.1) is 7.11 Å². The van der Waals surface area contributed by atoms with Gasteiger partial charge in [-0.05, 0) is 23.4 Å². The van der Waals surface area contributed by atoms with Crippen LogP contribution in [0.4, 0.5) is 0 Å². The first-order valence-corrected chi connectivity index (χ1v) is 6.09. The Kier molecular flexibility index (Phi) is 3.64. The number of benzene rings is 2. The van der Waals surface area contributed by atoms with Crippen molar-refractivity contribution in [3.05, 3.63) is 42.0 Å². The maximum Gasteiger partial charge on any atom is 0.126 e. The summed E-state index contributed by atoms with van der Waals surface area (Å²) < 4.78 is 5.38. The van der Waals surface area contributed by atoms with Gasteiger partial charge < -0.3 is 10.5 Å². The van der Waals surface area contributed by atoms with E-state index in [2.05, 4.69) is 25.1 Å². The molecule has 2 aromatic carbocycles. The number of ether oxygens (including phenoxy) is 1. The van der Waals surface area contributed by atoms with Crippen LogP contribution in [-0.4, -0.2) is 7.11 Å². The molecule has 0 radical (unpaired) electrons. The van der Waals surface area contributed by atoms with Gasteiger partial charge in [0, 0.05) is 11.4 Å². The summed E-state index contributed by atoms with van der Waals surface area (Å²) in [4.78, 5) is 0. The van der Waals surface area contributed by atoms with Crippen molar-refractivity contribution in [2.75, 3.05) is 7.11 Å². The largest absolute Gasteiger partial charge is 0.496 e. The summed E-state index contributed by atoms with van der Waals surface area (Å²) in [7, 11) is 1.70. The van der Waals surface area contributed by atoms with Gasteiger partial charge in [-0.25, -0.2) is 0 Å². The van der Waals surface area contributed by atoms with Gasteiger partial charge in [0.2, 0.25) is 0 Å². The van der Waals surface area contributed by atoms with Crippen LogP contribution in [0.2, 0.25) is 0 Å². The molecule has 0 bridgehead atoms. The highest BCUT2D eigenvalue weighted by Gasteiger charge is 2.11. The highest BCUT2D eigenvalue weighted by atomic mass is 16.5. The van der Waals surface area contributed by atoms with Gasteiger partial charge in [-0.15, -0.1) is 0 Å². The summed E-state index contributed by atoms with van der Waals surface area (Å²) in [5.41, 5.74) is 7.43. The zero-order valence-corrected chi connectivity index (χ0v) is 10.4. The SMILES string of the molecule is CCC[C@@H](N)c1ccc(OC)c2ccccc12. The predicted octanol–water partition coefficient (Wildman–Crippen LogP) is 3.65. The van der Waals surface area contributed by atoms with Gasteiger partial charge in [-0.1, -0.05) is 43.7 Å². The molecule has 0 aliphatic carbocycles. The molecule has 1 atom stereocenters. The maximum atomic E-state index is 6.22. The molecule has 17 heavy (non-hydrogen) atoms. The van der Waals surface area contributed by atoms with E-state index in [-0.39, 0.29) is 6.04 Å². The molecular weight excluding hydrogens is 210 g/mol. The molecule has 2 nitrogen and oxygen atoms in total. The summed E-state index contributed by atoms with van der Waals surface area (Å²) in [5, 5.41) is 2.34. The second-order valence-corrected chi connectivity index (χ2v) is 4.30. The zero-order chi connectivity index (χ0) is 12.3. The minimum absolute atomic E-state index is 0.107. The van der Waals surface area contributed by atoms with E-state index in [1.54, 1.807) is 7.11 Å². The smallest absolute Gasteiger partial charge is 0.126 e. The molecule has 0 amide bonds. The lowest BCUT2D eigenvalue weighted by atomic mass is 9.96. The molecule has 2 heteroatoms. The first-order valence-electron chi connectivity index (χ1n) is 6.09. The minimum atomic E-state index is 0.107. The lowest BCUT2D eigenvalue weighted by molar-refractivity contribution is 0.419. The van der Waals surface area contributed by atoms with E-state index >= 15 is 0 Å². The fourth-order valence-corrected chi connectivity index (χ4v) is 2.26. The molecule has 0 spiro atoms. The Morgan fingerprint density at radius 1 is 1.12 bits per heavy atom. The van der Waals surface area contributed by atoms with Crippen molar-refractivity contribution in [2.45, 2.75) is 25.8 Å². The van der Waals surface area contributed by atoms with Crippen molar-refractivity contribution in [3.8, 4) is 5.75 Å². The predicted molar refractivity (Wildman–Crippen MR) is 72.3 cm³/mol. The maximum absolute atomic E-state index is 6.22. The molecule has 0 unspecified atom stereocenters. The fraction of sp³-hybridized carbons (Fsp3) is 0.333. The molecule has 2 rings (SSSR count). The minimum Gasteiger partial charge on any atom is -0.496 e. The summed E-state index contributed by atoms with van der Waals surface area (Å²) in [6, 6.07) is 12.5. The van der Waals surface area contributed by atoms with E-state index in [1.807, 2.05) is 18.2 Å². The number of hydrogen-bond donors (Lipinski definition) is 1. The summed E-state index contributed by atoms with van der Waals surface area (Å²) in [6.07, 6.45) is 2.11. The lowest BCUT2D eigenvalue weighted by Crippen LogP contribution is -2.10. The Labute approximate surface area is 102 Å². The van der Waals surface area contributed by atoms with Crippen molar-refractivity contribution in [1.29, 1.82) is 0 Å². The van der Waals surface area contributed by atoms with Crippen LogP contribution in [0, 0.1) is 0 Å². The van der Waals surface area contributed by atoms with Crippen LogP contribution in [0.15, 0.2) is 36.4 Å². The highest BCUT2D eigenvalue weighted by Crippen LogP contribution is 2.31. The molecule has 0 heterocycles. The van der Waals surface area contributed by atoms with E-state index in [9.17, 15) is 0 Å². The second kappa shape index (κ2) is 5.19. The van der Waals surface area contributed by atoms with Gasteiger partial charge >= 0.3 is 0 Å². The third-order valence-electron chi connectivity index (χ3n) is 3.14. The third-order valence-corrected chi connectivity index (χ3v) is 3.14. The number of fused-ring (bicyclic) bond motifs is 1. The molecule has 2 N–H and O–H groups in total. The van der Waals surface area contributed by atoms with Crippen molar-refractivity contribution in [3.63, 3.8) is 0 Å². The molecule has 0 aromatic heterocycles. The molecule has 0 saturated carbocycles. The average molecular weight is 229 g/mol. The van der Waals surface area contributed by atoms with Gasteiger partial charge in [0.15, 0.2) is 0 Å². The lowest BCUT2D eigenvalue weighted by Gasteiger charge is -2.15. The third kappa shape index (κ3) is 2.27. The molecular formula is C15H19NO. The summed E-state index contributed by atoms with van der Waals surface area (Å²) >= 11 is 0. The van der Waals surface area contributed by atoms with E-state index in [4.69, 9.17) is 10.5 Å². The van der Waals surface area contributed by atoms with Crippen LogP contribution in [0.25, 0.3) is 10.8 Å². The normalized spacial score (nSPS) is 12.6. The Balaban J connectivity index is 2.58. The molecule has 0 aliphatic heterocycles. The van der Waals surface area contributed by atoms with Crippen molar-refractivity contribution in [2.24, 2.45) is 5.73 Å². The number of methoxy groups -OCH3 is 1. The van der Waals surface area contributed by atoms with Gasteiger partial charge in [-0.2, -0.15) is 0 Å². The Bertz CT molecular complexity index is 507. The van der Waals surface area contributed by atoms with Crippen LogP contribution < -0.4 is 10.5 Å². The first kappa shape index (κ1) is 11.9. The molecule has 90 valence electrons. The Hall–Kier alpha value is -1.54. The average Bonchev–Trinajstić information content (AvgIpc) is 2.37.